The third-order valence-corrected chi connectivity index (χ3v) is 4.22. The summed E-state index contributed by atoms with van der Waals surface area (Å²) >= 11 is 12.0. The molecule has 1 saturated heterocycles. The van der Waals surface area contributed by atoms with Crippen LogP contribution in [0.5, 0.6) is 0 Å². The number of carbonyl (C=O) groups excluding carboxylic acids is 1. The number of benzene rings is 1. The molecule has 0 radical (unpaired) electrons. The summed E-state index contributed by atoms with van der Waals surface area (Å²) in [6.45, 7) is 4.94. The highest BCUT2D eigenvalue weighted by atomic mass is 35.5. The maximum Gasteiger partial charge on any atom is 0.321 e. The summed E-state index contributed by atoms with van der Waals surface area (Å²) in [5.74, 6) is 0. The Morgan fingerprint density at radius 1 is 1.27 bits per heavy atom. The van der Waals surface area contributed by atoms with Gasteiger partial charge < -0.3 is 15.0 Å². The summed E-state index contributed by atoms with van der Waals surface area (Å²) in [5, 5.41) is 3.85. The van der Waals surface area contributed by atoms with Gasteiger partial charge in [0.15, 0.2) is 0 Å². The Hall–Kier alpha value is -1.01. The fraction of sp³-hybridized carbons (Fsp3) is 0.533. The van der Waals surface area contributed by atoms with Crippen LogP contribution < -0.4 is 5.32 Å². The van der Waals surface area contributed by atoms with Crippen LogP contribution in [0.1, 0.15) is 6.42 Å². The maximum absolute atomic E-state index is 12.3. The lowest BCUT2D eigenvalue weighted by atomic mass is 10.3. The number of urea groups is 1. The first-order chi connectivity index (χ1) is 10.6. The van der Waals surface area contributed by atoms with Gasteiger partial charge in [-0.25, -0.2) is 4.79 Å². The van der Waals surface area contributed by atoms with E-state index in [2.05, 4.69) is 10.2 Å². The maximum atomic E-state index is 12.3. The van der Waals surface area contributed by atoms with Crippen molar-refractivity contribution in [1.29, 1.82) is 0 Å². The number of carbonyl (C=O) groups is 1. The Bertz CT molecular complexity index is 506. The number of rotatable bonds is 5. The number of piperazine rings is 1. The second-order valence-corrected chi connectivity index (χ2v) is 6.07. The second kappa shape index (κ2) is 8.58. The third kappa shape index (κ3) is 5.02. The van der Waals surface area contributed by atoms with Gasteiger partial charge in [-0.1, -0.05) is 23.2 Å². The van der Waals surface area contributed by atoms with Crippen molar-refractivity contribution in [2.45, 2.75) is 6.42 Å². The molecule has 7 heteroatoms. The third-order valence-electron chi connectivity index (χ3n) is 3.65. The van der Waals surface area contributed by atoms with Crippen LogP contribution in [-0.4, -0.2) is 62.3 Å². The highest BCUT2D eigenvalue weighted by Crippen LogP contribution is 2.25. The zero-order valence-electron chi connectivity index (χ0n) is 12.6. The standard InChI is InChI=1S/C15H21Cl2N3O2/c1-22-10-2-5-19-6-8-20(9-7-19)15(21)18-14-11-12(16)3-4-13(14)17/h3-4,11H,2,5-10H2,1H3,(H,18,21). The van der Waals surface area contributed by atoms with Crippen molar-refractivity contribution < 1.29 is 9.53 Å². The summed E-state index contributed by atoms with van der Waals surface area (Å²) < 4.78 is 5.05. The summed E-state index contributed by atoms with van der Waals surface area (Å²) in [7, 11) is 1.71. The first-order valence-corrected chi connectivity index (χ1v) is 8.08. The van der Waals surface area contributed by atoms with E-state index in [0.717, 1.165) is 32.7 Å². The molecule has 1 heterocycles. The molecular formula is C15H21Cl2N3O2. The van der Waals surface area contributed by atoms with Gasteiger partial charge in [0.05, 0.1) is 10.7 Å². The Morgan fingerprint density at radius 3 is 2.68 bits per heavy atom. The van der Waals surface area contributed by atoms with E-state index in [1.807, 2.05) is 0 Å². The lowest BCUT2D eigenvalue weighted by Crippen LogP contribution is -2.50. The number of amides is 2. The number of hydrogen-bond donors (Lipinski definition) is 1. The normalized spacial score (nSPS) is 15.9. The number of nitrogens with zero attached hydrogens (tertiary/aromatic N) is 2. The number of ether oxygens (including phenoxy) is 1. The van der Waals surface area contributed by atoms with Crippen molar-refractivity contribution in [2.75, 3.05) is 51.8 Å². The van der Waals surface area contributed by atoms with Crippen molar-refractivity contribution in [3.8, 4) is 0 Å². The van der Waals surface area contributed by atoms with E-state index in [1.165, 1.54) is 0 Å². The lowest BCUT2D eigenvalue weighted by Gasteiger charge is -2.34. The van der Waals surface area contributed by atoms with E-state index >= 15 is 0 Å². The van der Waals surface area contributed by atoms with Gasteiger partial charge in [-0.15, -0.1) is 0 Å². The van der Waals surface area contributed by atoms with Crippen LogP contribution in [0.25, 0.3) is 0 Å². The van der Waals surface area contributed by atoms with Gasteiger partial charge in [0, 0.05) is 51.5 Å². The summed E-state index contributed by atoms with van der Waals surface area (Å²) in [4.78, 5) is 16.4. The van der Waals surface area contributed by atoms with E-state index in [4.69, 9.17) is 27.9 Å². The van der Waals surface area contributed by atoms with E-state index in [9.17, 15) is 4.79 Å². The predicted octanol–water partition coefficient (Wildman–Crippen LogP) is 3.18. The largest absolute Gasteiger partial charge is 0.385 e. The highest BCUT2D eigenvalue weighted by Gasteiger charge is 2.21. The smallest absolute Gasteiger partial charge is 0.321 e. The number of hydrogen-bond acceptors (Lipinski definition) is 3. The molecule has 1 aliphatic rings. The average molecular weight is 346 g/mol. The fourth-order valence-corrected chi connectivity index (χ4v) is 2.73. The molecule has 1 N–H and O–H groups in total. The SMILES string of the molecule is COCCCN1CCN(C(=O)Nc2cc(Cl)ccc2Cl)CC1. The zero-order chi connectivity index (χ0) is 15.9. The minimum absolute atomic E-state index is 0.138. The molecule has 1 fully saturated rings. The molecule has 0 aromatic heterocycles. The molecule has 0 atom stereocenters. The molecule has 0 bridgehead atoms. The zero-order valence-corrected chi connectivity index (χ0v) is 14.2. The molecule has 0 aliphatic carbocycles. The van der Waals surface area contributed by atoms with Crippen molar-refractivity contribution >= 4 is 34.9 Å². The predicted molar refractivity (Wildman–Crippen MR) is 90.0 cm³/mol. The molecule has 0 saturated carbocycles. The number of halogens is 2. The van der Waals surface area contributed by atoms with Gasteiger partial charge in [-0.05, 0) is 24.6 Å². The Balaban J connectivity index is 1.81. The summed E-state index contributed by atoms with van der Waals surface area (Å²) in [6, 6.07) is 4.88. The van der Waals surface area contributed by atoms with Crippen LogP contribution in [0.2, 0.25) is 10.0 Å². The van der Waals surface area contributed by atoms with Crippen LogP contribution in [0.4, 0.5) is 10.5 Å². The summed E-state index contributed by atoms with van der Waals surface area (Å²) in [6.07, 6.45) is 1.01. The molecule has 1 aromatic rings. The molecule has 2 amide bonds. The molecule has 1 aromatic carbocycles. The second-order valence-electron chi connectivity index (χ2n) is 5.23. The topological polar surface area (TPSA) is 44.8 Å². The lowest BCUT2D eigenvalue weighted by molar-refractivity contribution is 0.130. The first kappa shape index (κ1) is 17.3. The van der Waals surface area contributed by atoms with Gasteiger partial charge >= 0.3 is 6.03 Å². The first-order valence-electron chi connectivity index (χ1n) is 7.32. The van der Waals surface area contributed by atoms with Gasteiger partial charge in [0.25, 0.3) is 0 Å². The molecule has 5 nitrogen and oxygen atoms in total. The van der Waals surface area contributed by atoms with Crippen molar-refractivity contribution in [1.82, 2.24) is 9.80 Å². The Kier molecular flexibility index (Phi) is 6.76. The van der Waals surface area contributed by atoms with E-state index < -0.39 is 0 Å². The van der Waals surface area contributed by atoms with Gasteiger partial charge in [-0.2, -0.15) is 0 Å². The van der Waals surface area contributed by atoms with Crippen molar-refractivity contribution in [3.05, 3.63) is 28.2 Å². The number of nitrogens with one attached hydrogen (secondary N) is 1. The molecule has 0 spiro atoms. The van der Waals surface area contributed by atoms with Crippen LogP contribution in [0.15, 0.2) is 18.2 Å². The molecule has 122 valence electrons. The van der Waals surface area contributed by atoms with E-state index in [-0.39, 0.29) is 6.03 Å². The molecular weight excluding hydrogens is 325 g/mol. The summed E-state index contributed by atoms with van der Waals surface area (Å²) in [5.41, 5.74) is 0.543. The van der Waals surface area contributed by atoms with Crippen molar-refractivity contribution in [3.63, 3.8) is 0 Å². The Morgan fingerprint density at radius 2 is 2.00 bits per heavy atom. The molecule has 2 rings (SSSR count). The molecule has 0 unspecified atom stereocenters. The minimum Gasteiger partial charge on any atom is -0.385 e. The highest BCUT2D eigenvalue weighted by molar-refractivity contribution is 6.35. The number of methoxy groups -OCH3 is 1. The van der Waals surface area contributed by atoms with Crippen molar-refractivity contribution in [2.24, 2.45) is 0 Å². The molecule has 1 aliphatic heterocycles. The van der Waals surface area contributed by atoms with Crippen LogP contribution >= 0.6 is 23.2 Å². The quantitative estimate of drug-likeness (QED) is 0.833. The van der Waals surface area contributed by atoms with Gasteiger partial charge in [0.1, 0.15) is 0 Å². The van der Waals surface area contributed by atoms with Crippen LogP contribution in [0, 0.1) is 0 Å². The number of anilines is 1. The van der Waals surface area contributed by atoms with E-state index in [1.54, 1.807) is 30.2 Å². The van der Waals surface area contributed by atoms with Crippen LogP contribution in [0.3, 0.4) is 0 Å². The van der Waals surface area contributed by atoms with Gasteiger partial charge in [-0.3, -0.25) is 4.90 Å². The monoisotopic (exact) mass is 345 g/mol. The van der Waals surface area contributed by atoms with Gasteiger partial charge in [0.2, 0.25) is 0 Å². The molecule has 22 heavy (non-hydrogen) atoms. The van der Waals surface area contributed by atoms with Crippen LogP contribution in [-0.2, 0) is 4.74 Å². The average Bonchev–Trinajstić information content (AvgIpc) is 2.52. The minimum atomic E-state index is -0.138. The fourth-order valence-electron chi connectivity index (χ4n) is 2.39. The Labute approximate surface area is 141 Å². The van der Waals surface area contributed by atoms with E-state index in [0.29, 0.717) is 28.8 Å².